The number of thioether (sulfide) groups is 1. The highest BCUT2D eigenvalue weighted by Crippen LogP contribution is 2.31. The molecule has 1 aliphatic heterocycles. The van der Waals surface area contributed by atoms with Gasteiger partial charge < -0.3 is 34.8 Å². The number of rotatable bonds is 14. The van der Waals surface area contributed by atoms with E-state index in [1.165, 1.54) is 30.3 Å². The number of carboxylic acids is 2. The van der Waals surface area contributed by atoms with Crippen LogP contribution in [-0.2, 0) is 39.4 Å². The molecule has 59 heavy (non-hydrogen) atoms. The molecule has 11 nitrogen and oxygen atoms in total. The molecule has 1 aliphatic rings. The first-order valence-corrected chi connectivity index (χ1v) is 19.3. The molecular weight excluding hydrogens is 802 g/mol. The van der Waals surface area contributed by atoms with Crippen molar-refractivity contribution >= 4 is 40.5 Å². The number of hydrogen-bond acceptors (Lipinski definition) is 8. The van der Waals surface area contributed by atoms with E-state index >= 15 is 0 Å². The van der Waals surface area contributed by atoms with Crippen LogP contribution in [0.25, 0.3) is 22.0 Å². The third-order valence-corrected chi connectivity index (χ3v) is 10.7. The summed E-state index contributed by atoms with van der Waals surface area (Å²) in [6.45, 7) is 3.31. The summed E-state index contributed by atoms with van der Waals surface area (Å²) in [5, 5.41) is 33.4. The van der Waals surface area contributed by atoms with Crippen LogP contribution in [0.5, 0.6) is 0 Å². The molecule has 17 heteroatoms. The molecule has 2 atom stereocenters. The number of nitrogens with zero attached hydrogens (tertiary/aromatic N) is 3. The number of aliphatic hydroxyl groups excluding tert-OH is 2. The second-order valence-electron chi connectivity index (χ2n) is 13.7. The predicted octanol–water partition coefficient (Wildman–Crippen LogP) is 6.26. The van der Waals surface area contributed by atoms with Crippen LogP contribution in [0.3, 0.4) is 0 Å². The lowest BCUT2D eigenvalue weighted by atomic mass is 10.0. The molecule has 4 aromatic carbocycles. The molecule has 2 unspecified atom stereocenters. The molecular formula is C42H40F5N3O8S. The first kappa shape index (κ1) is 44.5. The topological polar surface area (TPSA) is 161 Å². The highest BCUT2D eigenvalue weighted by atomic mass is 32.2. The van der Waals surface area contributed by atoms with E-state index in [1.54, 1.807) is 33.7 Å². The number of alkyl halides is 3. The number of fused-ring (bicyclic) bond motifs is 1. The molecule has 6 rings (SSSR count). The lowest BCUT2D eigenvalue weighted by Crippen LogP contribution is -2.39. The number of carbonyl (C=O) groups is 3. The van der Waals surface area contributed by atoms with E-state index in [-0.39, 0.29) is 29.2 Å². The van der Waals surface area contributed by atoms with Gasteiger partial charge in [-0.05, 0) is 73.0 Å². The average molecular weight is 842 g/mol. The van der Waals surface area contributed by atoms with Crippen molar-refractivity contribution in [3.63, 3.8) is 0 Å². The molecule has 5 aromatic rings. The monoisotopic (exact) mass is 841 g/mol. The molecule has 1 saturated heterocycles. The van der Waals surface area contributed by atoms with Crippen molar-refractivity contribution in [1.82, 2.24) is 14.4 Å². The van der Waals surface area contributed by atoms with Gasteiger partial charge in [-0.3, -0.25) is 9.59 Å². The number of carboxylic acid groups (broad SMARTS) is 2. The summed E-state index contributed by atoms with van der Waals surface area (Å²) in [4.78, 5) is 50.9. The number of pyridine rings is 1. The second-order valence-corrected chi connectivity index (χ2v) is 14.6. The number of aromatic nitrogens is 1. The molecule has 1 aromatic heterocycles. The van der Waals surface area contributed by atoms with Crippen LogP contribution in [0.15, 0.2) is 107 Å². The molecule has 1 amide bonds. The summed E-state index contributed by atoms with van der Waals surface area (Å²) in [5.41, 5.74) is 2.02. The summed E-state index contributed by atoms with van der Waals surface area (Å²) in [6.07, 6.45) is -6.73. The van der Waals surface area contributed by atoms with E-state index in [2.05, 4.69) is 4.90 Å². The van der Waals surface area contributed by atoms with Gasteiger partial charge in [0.15, 0.2) is 29.3 Å². The number of aliphatic carboxylic acids is 2. The molecule has 2 heterocycles. The van der Waals surface area contributed by atoms with Gasteiger partial charge in [0.05, 0.1) is 16.1 Å². The van der Waals surface area contributed by atoms with Crippen LogP contribution >= 0.6 is 11.8 Å². The first-order chi connectivity index (χ1) is 28.0. The summed E-state index contributed by atoms with van der Waals surface area (Å²) in [7, 11) is 0. The zero-order chi connectivity index (χ0) is 42.9. The van der Waals surface area contributed by atoms with Crippen molar-refractivity contribution in [3.8, 4) is 11.1 Å². The lowest BCUT2D eigenvalue weighted by molar-refractivity contribution is -0.165. The minimum absolute atomic E-state index is 0.0551. The summed E-state index contributed by atoms with van der Waals surface area (Å²) >= 11 is 1.16. The molecule has 0 radical (unpaired) electrons. The van der Waals surface area contributed by atoms with Gasteiger partial charge in [-0.2, -0.15) is 13.2 Å². The first-order valence-electron chi connectivity index (χ1n) is 18.3. The fraction of sp³-hybridized carbons (Fsp3) is 0.286. The fourth-order valence-electron chi connectivity index (χ4n) is 6.34. The van der Waals surface area contributed by atoms with Crippen molar-refractivity contribution in [2.45, 2.75) is 55.1 Å². The number of amides is 1. The number of benzene rings is 4. The Kier molecular flexibility index (Phi) is 15.0. The van der Waals surface area contributed by atoms with Crippen LogP contribution in [-0.4, -0.2) is 91.0 Å². The number of halogens is 5. The Labute approximate surface area is 338 Å². The van der Waals surface area contributed by atoms with E-state index in [0.29, 0.717) is 41.1 Å². The van der Waals surface area contributed by atoms with Gasteiger partial charge in [-0.1, -0.05) is 60.7 Å². The Balaban J connectivity index is 0.000000586. The summed E-state index contributed by atoms with van der Waals surface area (Å²) in [5.74, 6) is -5.56. The molecule has 0 spiro atoms. The maximum Gasteiger partial charge on any atom is 0.416 e. The molecule has 1 fully saturated rings. The maximum atomic E-state index is 14.5. The standard InChI is InChI=1S/C38H34F5N3O2S.C4H6O6/c39-32-8-5-6-29(37(32)40)25-49-36-22-34(47)31-7-1-2-9-33(31)46(36)24-35(48)45(21-20-44-18-3-4-19-44)23-26-10-12-27(13-11-26)28-14-16-30(17-15-28)38(41,42)43;5-1(3(7)8)2(6)4(9)10/h1-2,5-17,22H,3-4,18-21,23-25H2;1-2,5-6H,(H,7,8)(H,9,10). The Hall–Kier alpha value is -5.62. The van der Waals surface area contributed by atoms with Crippen molar-refractivity contribution < 1.29 is 56.8 Å². The third kappa shape index (κ3) is 11.7. The van der Waals surface area contributed by atoms with Gasteiger partial charge >= 0.3 is 18.1 Å². The van der Waals surface area contributed by atoms with Gasteiger partial charge in [0, 0.05) is 42.4 Å². The zero-order valence-corrected chi connectivity index (χ0v) is 32.1. The van der Waals surface area contributed by atoms with Gasteiger partial charge in [0.1, 0.15) is 6.54 Å². The second kappa shape index (κ2) is 19.9. The number of hydrogen-bond donors (Lipinski definition) is 4. The minimum atomic E-state index is -4.41. The SMILES string of the molecule is O=C(Cn1c(SCc2cccc(F)c2F)cc(=O)c2ccccc21)N(CCN1CCCC1)Cc1ccc(-c2ccc(C(F)(F)F)cc2)cc1.O=C(O)C(O)C(O)C(=O)O. The van der Waals surface area contributed by atoms with Crippen molar-refractivity contribution in [3.05, 3.63) is 136 Å². The van der Waals surface area contributed by atoms with Gasteiger partial charge in [-0.15, -0.1) is 11.8 Å². The van der Waals surface area contributed by atoms with Gasteiger partial charge in [0.25, 0.3) is 0 Å². The fourth-order valence-corrected chi connectivity index (χ4v) is 7.37. The molecule has 0 aliphatic carbocycles. The minimum Gasteiger partial charge on any atom is -0.479 e. The average Bonchev–Trinajstić information content (AvgIpc) is 3.74. The van der Waals surface area contributed by atoms with Gasteiger partial charge in [-0.25, -0.2) is 18.4 Å². The Morgan fingerprint density at radius 3 is 1.98 bits per heavy atom. The Morgan fingerprint density at radius 1 is 0.797 bits per heavy atom. The lowest BCUT2D eigenvalue weighted by Gasteiger charge is -2.27. The van der Waals surface area contributed by atoms with Crippen LogP contribution in [0.4, 0.5) is 22.0 Å². The largest absolute Gasteiger partial charge is 0.479 e. The number of aliphatic hydroxyl groups is 2. The van der Waals surface area contributed by atoms with E-state index in [1.807, 2.05) is 24.3 Å². The highest BCUT2D eigenvalue weighted by Gasteiger charge is 2.30. The zero-order valence-electron chi connectivity index (χ0n) is 31.3. The molecule has 4 N–H and O–H groups in total. The number of likely N-dealkylation sites (tertiary alicyclic amines) is 1. The maximum absolute atomic E-state index is 14.5. The highest BCUT2D eigenvalue weighted by molar-refractivity contribution is 7.98. The molecule has 312 valence electrons. The smallest absolute Gasteiger partial charge is 0.416 e. The van der Waals surface area contributed by atoms with E-state index in [9.17, 15) is 41.1 Å². The van der Waals surface area contributed by atoms with Gasteiger partial charge in [0.2, 0.25) is 5.91 Å². The van der Waals surface area contributed by atoms with Crippen LogP contribution in [0.2, 0.25) is 0 Å². The van der Waals surface area contributed by atoms with Crippen molar-refractivity contribution in [2.75, 3.05) is 26.2 Å². The van der Waals surface area contributed by atoms with Crippen LogP contribution in [0, 0.1) is 11.6 Å². The summed E-state index contributed by atoms with van der Waals surface area (Å²) in [6, 6.07) is 24.8. The quantitative estimate of drug-likeness (QED) is 0.0743. The normalized spacial score (nSPS) is 14.0. The third-order valence-electron chi connectivity index (χ3n) is 9.60. The van der Waals surface area contributed by atoms with E-state index in [0.717, 1.165) is 67.0 Å². The van der Waals surface area contributed by atoms with E-state index < -0.39 is 47.5 Å². The number of para-hydroxylation sites is 1. The van der Waals surface area contributed by atoms with Crippen molar-refractivity contribution in [2.24, 2.45) is 0 Å². The predicted molar refractivity (Wildman–Crippen MR) is 209 cm³/mol. The Bertz CT molecular complexity index is 2300. The Morgan fingerprint density at radius 2 is 1.39 bits per heavy atom. The molecule has 0 saturated carbocycles. The number of carbonyl (C=O) groups excluding carboxylic acids is 1. The van der Waals surface area contributed by atoms with Crippen LogP contribution < -0.4 is 5.43 Å². The molecule has 0 bridgehead atoms. The summed E-state index contributed by atoms with van der Waals surface area (Å²) < 4.78 is 69.3. The van der Waals surface area contributed by atoms with Crippen molar-refractivity contribution in [1.29, 1.82) is 0 Å². The van der Waals surface area contributed by atoms with E-state index in [4.69, 9.17) is 20.4 Å². The van der Waals surface area contributed by atoms with Crippen LogP contribution in [0.1, 0.15) is 29.5 Å².